The monoisotopic (exact) mass is 478 g/mol. The van der Waals surface area contributed by atoms with Crippen molar-refractivity contribution in [3.8, 4) is 0 Å². The van der Waals surface area contributed by atoms with Gasteiger partial charge >= 0.3 is 6.18 Å². The summed E-state index contributed by atoms with van der Waals surface area (Å²) in [7, 11) is 0. The van der Waals surface area contributed by atoms with E-state index in [1.807, 2.05) is 0 Å². The van der Waals surface area contributed by atoms with E-state index in [0.29, 0.717) is 32.4 Å². The minimum atomic E-state index is -4.72. The van der Waals surface area contributed by atoms with Gasteiger partial charge in [0.05, 0.1) is 18.3 Å². The normalized spacial score (nSPS) is 11.5. The van der Waals surface area contributed by atoms with Crippen LogP contribution in [0, 0.1) is 0 Å². The molecule has 0 unspecified atom stereocenters. The lowest BCUT2D eigenvalue weighted by Gasteiger charge is -2.13. The first-order valence-corrected chi connectivity index (χ1v) is 9.41. The van der Waals surface area contributed by atoms with E-state index in [1.165, 1.54) is 16.9 Å². The molecule has 2 heterocycles. The minimum absolute atomic E-state index is 0.202. The fourth-order valence-electron chi connectivity index (χ4n) is 2.58. The first kappa shape index (κ1) is 22.2. The van der Waals surface area contributed by atoms with Crippen LogP contribution in [-0.2, 0) is 24.1 Å². The second-order valence-electron chi connectivity index (χ2n) is 6.17. The van der Waals surface area contributed by atoms with Gasteiger partial charge in [-0.2, -0.15) is 18.3 Å². The summed E-state index contributed by atoms with van der Waals surface area (Å²) in [6.45, 7) is -0.469. The van der Waals surface area contributed by atoms with Crippen molar-refractivity contribution in [3.63, 3.8) is 0 Å². The van der Waals surface area contributed by atoms with Crippen LogP contribution < -0.4 is 10.9 Å². The zero-order valence-corrected chi connectivity index (χ0v) is 17.1. The molecule has 0 aliphatic rings. The Morgan fingerprint density at radius 1 is 1.10 bits per heavy atom. The average Bonchev–Trinajstić information content (AvgIpc) is 3.07. The van der Waals surface area contributed by atoms with Crippen molar-refractivity contribution in [1.82, 2.24) is 14.3 Å². The first-order chi connectivity index (χ1) is 14.0. The molecule has 0 aliphatic carbocycles. The molecule has 0 aliphatic heterocycles. The summed E-state index contributed by atoms with van der Waals surface area (Å²) in [5, 5.41) is 6.81. The van der Waals surface area contributed by atoms with E-state index in [9.17, 15) is 22.8 Å². The van der Waals surface area contributed by atoms with Crippen molar-refractivity contribution in [2.45, 2.75) is 19.3 Å². The zero-order valence-electron chi connectivity index (χ0n) is 14.9. The highest BCUT2D eigenvalue weighted by Gasteiger charge is 2.32. The molecule has 0 spiro atoms. The van der Waals surface area contributed by atoms with Crippen molar-refractivity contribution >= 4 is 46.5 Å². The van der Waals surface area contributed by atoms with Crippen LogP contribution in [0.3, 0.4) is 0 Å². The van der Waals surface area contributed by atoms with Gasteiger partial charge in [-0.1, -0.05) is 40.9 Å². The molecule has 0 bridgehead atoms. The Balaban J connectivity index is 1.78. The molecular formula is C18H12Cl3F3N4O2. The highest BCUT2D eigenvalue weighted by molar-refractivity contribution is 6.35. The Kier molecular flexibility index (Phi) is 6.44. The fourth-order valence-corrected chi connectivity index (χ4v) is 3.28. The van der Waals surface area contributed by atoms with Crippen LogP contribution in [0.15, 0.2) is 47.5 Å². The van der Waals surface area contributed by atoms with Crippen LogP contribution in [0.4, 0.5) is 19.0 Å². The molecule has 0 radical (unpaired) electrons. The molecule has 1 aromatic carbocycles. The van der Waals surface area contributed by atoms with Crippen LogP contribution >= 0.6 is 34.8 Å². The molecule has 158 valence electrons. The molecule has 0 saturated heterocycles. The number of alkyl halides is 3. The smallest absolute Gasteiger partial charge is 0.309 e. The van der Waals surface area contributed by atoms with Crippen molar-refractivity contribution < 1.29 is 18.0 Å². The third kappa shape index (κ3) is 5.16. The summed E-state index contributed by atoms with van der Waals surface area (Å²) in [6.07, 6.45) is -2.75. The van der Waals surface area contributed by atoms with Crippen LogP contribution in [-0.4, -0.2) is 20.3 Å². The van der Waals surface area contributed by atoms with E-state index in [4.69, 9.17) is 34.8 Å². The number of hydrogen-bond donors (Lipinski definition) is 1. The Labute approximate surface area is 182 Å². The minimum Gasteiger partial charge on any atom is -0.309 e. The second-order valence-corrected chi connectivity index (χ2v) is 7.42. The predicted molar refractivity (Wildman–Crippen MR) is 107 cm³/mol. The van der Waals surface area contributed by atoms with Crippen LogP contribution in [0.1, 0.15) is 11.1 Å². The molecular weight excluding hydrogens is 468 g/mol. The van der Waals surface area contributed by atoms with Crippen LogP contribution in [0.2, 0.25) is 15.1 Å². The highest BCUT2D eigenvalue weighted by atomic mass is 35.5. The molecule has 1 amide bonds. The molecule has 0 atom stereocenters. The standard InChI is InChI=1S/C18H12Cl3F3N4O2/c19-12-2-1-10(13(20)6-12)7-28-15(3-4-25-28)26-16(29)9-27-8-11(18(22,23)24)5-14(21)17(27)30/h1-6,8H,7,9H2,(H,26,29). The van der Waals surface area contributed by atoms with Gasteiger partial charge in [0, 0.05) is 22.3 Å². The quantitative estimate of drug-likeness (QED) is 0.576. The third-order valence-corrected chi connectivity index (χ3v) is 4.86. The van der Waals surface area contributed by atoms with Crippen molar-refractivity contribution in [1.29, 1.82) is 0 Å². The summed E-state index contributed by atoms with van der Waals surface area (Å²) in [5.41, 5.74) is -1.37. The van der Waals surface area contributed by atoms with Crippen molar-refractivity contribution in [3.05, 3.63) is 79.3 Å². The van der Waals surface area contributed by atoms with Gasteiger partial charge in [-0.3, -0.25) is 9.59 Å². The molecule has 30 heavy (non-hydrogen) atoms. The molecule has 6 nitrogen and oxygen atoms in total. The topological polar surface area (TPSA) is 68.9 Å². The number of nitrogens with zero attached hydrogens (tertiary/aromatic N) is 3. The zero-order chi connectivity index (χ0) is 22.1. The maximum Gasteiger partial charge on any atom is 0.417 e. The number of amides is 1. The summed E-state index contributed by atoms with van der Waals surface area (Å²) in [5.74, 6) is -0.478. The summed E-state index contributed by atoms with van der Waals surface area (Å²) in [6, 6.07) is 6.91. The van der Waals surface area contributed by atoms with Gasteiger partial charge in [0.1, 0.15) is 17.4 Å². The lowest BCUT2D eigenvalue weighted by atomic mass is 10.2. The van der Waals surface area contributed by atoms with Crippen molar-refractivity contribution in [2.75, 3.05) is 5.32 Å². The van der Waals surface area contributed by atoms with Gasteiger partial charge in [0.2, 0.25) is 5.91 Å². The van der Waals surface area contributed by atoms with E-state index in [0.717, 1.165) is 0 Å². The van der Waals surface area contributed by atoms with E-state index in [2.05, 4.69) is 10.4 Å². The van der Waals surface area contributed by atoms with Gasteiger partial charge in [-0.15, -0.1) is 0 Å². The fraction of sp³-hybridized carbons (Fsp3) is 0.167. The van der Waals surface area contributed by atoms with E-state index >= 15 is 0 Å². The SMILES string of the molecule is O=C(Cn1cc(C(F)(F)F)cc(Cl)c1=O)Nc1ccnn1Cc1ccc(Cl)cc1Cl. The predicted octanol–water partition coefficient (Wildman–Crippen LogP) is 4.71. The summed E-state index contributed by atoms with van der Waals surface area (Å²) in [4.78, 5) is 24.3. The number of anilines is 1. The summed E-state index contributed by atoms with van der Waals surface area (Å²) >= 11 is 17.6. The molecule has 3 aromatic rings. The lowest BCUT2D eigenvalue weighted by Crippen LogP contribution is -2.29. The lowest BCUT2D eigenvalue weighted by molar-refractivity contribution is -0.138. The Hall–Kier alpha value is -2.49. The van der Waals surface area contributed by atoms with Crippen molar-refractivity contribution in [2.24, 2.45) is 0 Å². The van der Waals surface area contributed by atoms with Crippen LogP contribution in [0.5, 0.6) is 0 Å². The highest BCUT2D eigenvalue weighted by Crippen LogP contribution is 2.29. The maximum atomic E-state index is 12.9. The first-order valence-electron chi connectivity index (χ1n) is 8.27. The molecule has 12 heteroatoms. The van der Waals surface area contributed by atoms with Crippen LogP contribution in [0.25, 0.3) is 0 Å². The molecule has 3 rings (SSSR count). The molecule has 2 aromatic heterocycles. The van der Waals surface area contributed by atoms with E-state index < -0.39 is 34.8 Å². The third-order valence-electron chi connectivity index (χ3n) is 4.00. The number of benzene rings is 1. The van der Waals surface area contributed by atoms with Gasteiger partial charge < -0.3 is 9.88 Å². The number of rotatable bonds is 5. The number of hydrogen-bond acceptors (Lipinski definition) is 3. The van der Waals surface area contributed by atoms with Gasteiger partial charge in [-0.25, -0.2) is 4.68 Å². The van der Waals surface area contributed by atoms with Gasteiger partial charge in [0.25, 0.3) is 5.56 Å². The van der Waals surface area contributed by atoms with Gasteiger partial charge in [-0.05, 0) is 23.8 Å². The number of carbonyl (C=O) groups is 1. The average molecular weight is 480 g/mol. The molecule has 0 fully saturated rings. The van der Waals surface area contributed by atoms with E-state index in [1.54, 1.807) is 18.2 Å². The largest absolute Gasteiger partial charge is 0.417 e. The Bertz CT molecular complexity index is 1160. The Morgan fingerprint density at radius 2 is 1.83 bits per heavy atom. The maximum absolute atomic E-state index is 12.9. The number of nitrogens with one attached hydrogen (secondary N) is 1. The second kappa shape index (κ2) is 8.71. The number of halogens is 6. The van der Waals surface area contributed by atoms with E-state index in [-0.39, 0.29) is 12.4 Å². The number of carbonyl (C=O) groups excluding carboxylic acids is 1. The molecule has 1 N–H and O–H groups in total. The van der Waals surface area contributed by atoms with Gasteiger partial charge in [0.15, 0.2) is 0 Å². The Morgan fingerprint density at radius 3 is 2.50 bits per heavy atom. The molecule has 0 saturated carbocycles. The summed E-state index contributed by atoms with van der Waals surface area (Å²) < 4.78 is 40.8. The number of pyridine rings is 1. The number of aromatic nitrogens is 3.